The predicted octanol–water partition coefficient (Wildman–Crippen LogP) is 5.03. The maximum absolute atomic E-state index is 5.77. The predicted molar refractivity (Wildman–Crippen MR) is 88.8 cm³/mol. The highest BCUT2D eigenvalue weighted by Crippen LogP contribution is 2.14. The number of hydrogen-bond donors (Lipinski definition) is 0. The van der Waals surface area contributed by atoms with Crippen LogP contribution in [0.4, 0.5) is 0 Å². The smallest absolute Gasteiger partial charge is 0.119 e. The number of benzene rings is 2. The average Bonchev–Trinajstić information content (AvgIpc) is 2.50. The van der Waals surface area contributed by atoms with Crippen molar-refractivity contribution in [3.63, 3.8) is 0 Å². The molecule has 106 valence electrons. The first-order chi connectivity index (χ1) is 9.88. The SMILES string of the molecule is BrCCc1ccc(OCCCCc2ccccc2)cc1. The van der Waals surface area contributed by atoms with E-state index in [0.717, 1.165) is 36.9 Å². The van der Waals surface area contributed by atoms with Crippen molar-refractivity contribution in [1.82, 2.24) is 0 Å². The van der Waals surface area contributed by atoms with Crippen LogP contribution in [0.2, 0.25) is 0 Å². The molecule has 0 aromatic heterocycles. The number of ether oxygens (including phenoxy) is 1. The Morgan fingerprint density at radius 2 is 1.45 bits per heavy atom. The van der Waals surface area contributed by atoms with Crippen molar-refractivity contribution in [3.05, 3.63) is 65.7 Å². The van der Waals surface area contributed by atoms with Gasteiger partial charge in [0.1, 0.15) is 5.75 Å². The topological polar surface area (TPSA) is 9.23 Å². The highest BCUT2D eigenvalue weighted by molar-refractivity contribution is 9.09. The molecule has 20 heavy (non-hydrogen) atoms. The zero-order valence-electron chi connectivity index (χ0n) is 11.7. The van der Waals surface area contributed by atoms with Crippen LogP contribution < -0.4 is 4.74 Å². The summed E-state index contributed by atoms with van der Waals surface area (Å²) < 4.78 is 5.77. The molecule has 0 amide bonds. The minimum absolute atomic E-state index is 0.796. The fourth-order valence-corrected chi connectivity index (χ4v) is 2.59. The lowest BCUT2D eigenvalue weighted by molar-refractivity contribution is 0.307. The summed E-state index contributed by atoms with van der Waals surface area (Å²) in [4.78, 5) is 0. The van der Waals surface area contributed by atoms with Crippen LogP contribution in [0.5, 0.6) is 5.75 Å². The minimum Gasteiger partial charge on any atom is -0.494 e. The molecule has 0 fully saturated rings. The second-order valence-corrected chi connectivity index (χ2v) is 5.67. The van der Waals surface area contributed by atoms with Gasteiger partial charge in [0.15, 0.2) is 0 Å². The number of unbranched alkanes of at least 4 members (excludes halogenated alkanes) is 1. The van der Waals surface area contributed by atoms with Crippen molar-refractivity contribution in [3.8, 4) is 5.75 Å². The van der Waals surface area contributed by atoms with E-state index in [-0.39, 0.29) is 0 Å². The first-order valence-electron chi connectivity index (χ1n) is 7.20. The number of halogens is 1. The van der Waals surface area contributed by atoms with Gasteiger partial charge in [-0.25, -0.2) is 0 Å². The molecular formula is C18H21BrO. The van der Waals surface area contributed by atoms with E-state index in [1.54, 1.807) is 0 Å². The third-order valence-electron chi connectivity index (χ3n) is 3.28. The third kappa shape index (κ3) is 5.38. The van der Waals surface area contributed by atoms with Crippen molar-refractivity contribution in [2.75, 3.05) is 11.9 Å². The second-order valence-electron chi connectivity index (χ2n) is 4.87. The van der Waals surface area contributed by atoms with Crippen LogP contribution in [-0.4, -0.2) is 11.9 Å². The van der Waals surface area contributed by atoms with Gasteiger partial charge in [-0.3, -0.25) is 0 Å². The largest absolute Gasteiger partial charge is 0.494 e. The van der Waals surface area contributed by atoms with Crippen LogP contribution in [0.15, 0.2) is 54.6 Å². The monoisotopic (exact) mass is 332 g/mol. The van der Waals surface area contributed by atoms with E-state index in [4.69, 9.17) is 4.74 Å². The summed E-state index contributed by atoms with van der Waals surface area (Å²) in [5, 5.41) is 1.01. The molecule has 0 unspecified atom stereocenters. The van der Waals surface area contributed by atoms with Gasteiger partial charge in [0, 0.05) is 5.33 Å². The van der Waals surface area contributed by atoms with Crippen LogP contribution >= 0.6 is 15.9 Å². The number of rotatable bonds is 8. The fraction of sp³-hybridized carbons (Fsp3) is 0.333. The molecule has 0 spiro atoms. The molecule has 2 rings (SSSR count). The van der Waals surface area contributed by atoms with Crippen LogP contribution in [0.3, 0.4) is 0 Å². The molecule has 0 aliphatic carbocycles. The number of hydrogen-bond acceptors (Lipinski definition) is 1. The molecule has 0 aliphatic rings. The van der Waals surface area contributed by atoms with Crippen molar-refractivity contribution in [2.45, 2.75) is 25.7 Å². The van der Waals surface area contributed by atoms with E-state index in [9.17, 15) is 0 Å². The molecule has 0 aliphatic heterocycles. The number of aryl methyl sites for hydroxylation is 2. The van der Waals surface area contributed by atoms with Crippen LogP contribution in [-0.2, 0) is 12.8 Å². The number of alkyl halides is 1. The Hall–Kier alpha value is -1.28. The zero-order valence-corrected chi connectivity index (χ0v) is 13.3. The average molecular weight is 333 g/mol. The van der Waals surface area contributed by atoms with E-state index < -0.39 is 0 Å². The van der Waals surface area contributed by atoms with Crippen molar-refractivity contribution >= 4 is 15.9 Å². The zero-order chi connectivity index (χ0) is 14.0. The summed E-state index contributed by atoms with van der Waals surface area (Å²) >= 11 is 3.45. The van der Waals surface area contributed by atoms with Gasteiger partial charge in [-0.1, -0.05) is 58.4 Å². The van der Waals surface area contributed by atoms with Gasteiger partial charge < -0.3 is 4.74 Å². The van der Waals surface area contributed by atoms with Gasteiger partial charge >= 0.3 is 0 Å². The quantitative estimate of drug-likeness (QED) is 0.486. The van der Waals surface area contributed by atoms with Gasteiger partial charge in [-0.2, -0.15) is 0 Å². The van der Waals surface area contributed by atoms with Crippen molar-refractivity contribution in [2.24, 2.45) is 0 Å². The Morgan fingerprint density at radius 3 is 2.15 bits per heavy atom. The van der Waals surface area contributed by atoms with Gasteiger partial charge in [0.05, 0.1) is 6.61 Å². The molecule has 1 nitrogen and oxygen atoms in total. The summed E-state index contributed by atoms with van der Waals surface area (Å²) in [6, 6.07) is 19.0. The second kappa shape index (κ2) is 8.80. The fourth-order valence-electron chi connectivity index (χ4n) is 2.13. The summed E-state index contributed by atoms with van der Waals surface area (Å²) in [7, 11) is 0. The van der Waals surface area contributed by atoms with Crippen molar-refractivity contribution < 1.29 is 4.74 Å². The maximum Gasteiger partial charge on any atom is 0.119 e. The minimum atomic E-state index is 0.796. The normalized spacial score (nSPS) is 10.4. The van der Waals surface area contributed by atoms with Gasteiger partial charge in [0.2, 0.25) is 0 Å². The first-order valence-corrected chi connectivity index (χ1v) is 8.32. The molecule has 0 atom stereocenters. The standard InChI is InChI=1S/C18H21BrO/c19-14-13-17-9-11-18(12-10-17)20-15-5-4-8-16-6-2-1-3-7-16/h1-3,6-7,9-12H,4-5,8,13-15H2. The lowest BCUT2D eigenvalue weighted by atomic mass is 10.1. The molecule has 0 N–H and O–H groups in total. The van der Waals surface area contributed by atoms with E-state index >= 15 is 0 Å². The molecule has 2 aromatic carbocycles. The van der Waals surface area contributed by atoms with Crippen LogP contribution in [0.1, 0.15) is 24.0 Å². The first kappa shape index (κ1) is 15.1. The Labute approximate surface area is 130 Å². The van der Waals surface area contributed by atoms with Gasteiger partial charge in [-0.15, -0.1) is 0 Å². The molecule has 2 heteroatoms. The molecule has 0 radical (unpaired) electrons. The van der Waals surface area contributed by atoms with E-state index in [1.807, 2.05) is 0 Å². The molecule has 0 saturated carbocycles. The van der Waals surface area contributed by atoms with Gasteiger partial charge in [-0.05, 0) is 48.9 Å². The van der Waals surface area contributed by atoms with E-state index in [2.05, 4.69) is 70.5 Å². The Kier molecular flexibility index (Phi) is 6.65. The summed E-state index contributed by atoms with van der Waals surface area (Å²) in [6.07, 6.45) is 4.47. The third-order valence-corrected chi connectivity index (χ3v) is 3.67. The summed E-state index contributed by atoms with van der Waals surface area (Å²) in [6.45, 7) is 0.796. The highest BCUT2D eigenvalue weighted by Gasteiger charge is 1.96. The Bertz CT molecular complexity index is 479. The van der Waals surface area contributed by atoms with E-state index in [0.29, 0.717) is 0 Å². The van der Waals surface area contributed by atoms with E-state index in [1.165, 1.54) is 17.5 Å². The summed E-state index contributed by atoms with van der Waals surface area (Å²) in [5.41, 5.74) is 2.75. The summed E-state index contributed by atoms with van der Waals surface area (Å²) in [5.74, 6) is 0.975. The highest BCUT2D eigenvalue weighted by atomic mass is 79.9. The van der Waals surface area contributed by atoms with Crippen LogP contribution in [0.25, 0.3) is 0 Å². The Balaban J connectivity index is 1.63. The lowest BCUT2D eigenvalue weighted by Gasteiger charge is -2.07. The van der Waals surface area contributed by atoms with Crippen LogP contribution in [0, 0.1) is 0 Å². The molecule has 0 saturated heterocycles. The Morgan fingerprint density at radius 1 is 0.750 bits per heavy atom. The van der Waals surface area contributed by atoms with Gasteiger partial charge in [0.25, 0.3) is 0 Å². The molecule has 0 bridgehead atoms. The molecule has 2 aromatic rings. The maximum atomic E-state index is 5.77. The lowest BCUT2D eigenvalue weighted by Crippen LogP contribution is -1.98. The molecular weight excluding hydrogens is 312 g/mol. The van der Waals surface area contributed by atoms with Crippen molar-refractivity contribution in [1.29, 1.82) is 0 Å². The molecule has 0 heterocycles.